The van der Waals surface area contributed by atoms with Crippen molar-refractivity contribution in [3.8, 4) is 22.3 Å². The number of halogens is 2. The summed E-state index contributed by atoms with van der Waals surface area (Å²) in [5.74, 6) is 0. The van der Waals surface area contributed by atoms with Crippen molar-refractivity contribution >= 4 is 38.3 Å². The molecule has 0 saturated heterocycles. The molecule has 3 aromatic carbocycles. The molecule has 1 heterocycles. The van der Waals surface area contributed by atoms with Crippen LogP contribution in [0.2, 0.25) is 5.02 Å². The Morgan fingerprint density at radius 1 is 0.750 bits per heavy atom. The van der Waals surface area contributed by atoms with Gasteiger partial charge in [0.15, 0.2) is 0 Å². The smallest absolute Gasteiger partial charge is 0.0657 e. The fourth-order valence-corrected chi connectivity index (χ4v) is 3.54. The zero-order chi connectivity index (χ0) is 16.5. The minimum Gasteiger partial charge on any atom is -0.263 e. The van der Waals surface area contributed by atoms with Crippen LogP contribution in [0.25, 0.3) is 33.0 Å². The third-order valence-electron chi connectivity index (χ3n) is 4.12. The minimum absolute atomic E-state index is 0.679. The number of benzene rings is 3. The van der Waals surface area contributed by atoms with Gasteiger partial charge in [-0.1, -0.05) is 78.3 Å². The molecule has 0 fully saturated rings. The molecule has 4 aromatic rings. The van der Waals surface area contributed by atoms with Crippen LogP contribution in [0.3, 0.4) is 0 Å². The van der Waals surface area contributed by atoms with Gasteiger partial charge in [0.1, 0.15) is 0 Å². The Bertz CT molecular complexity index is 1030. The molecule has 116 valence electrons. The van der Waals surface area contributed by atoms with E-state index in [1.807, 2.05) is 12.3 Å². The van der Waals surface area contributed by atoms with Gasteiger partial charge in [0.25, 0.3) is 0 Å². The summed E-state index contributed by atoms with van der Waals surface area (Å²) in [6.45, 7) is 0. The summed E-state index contributed by atoms with van der Waals surface area (Å²) in [7, 11) is 0. The topological polar surface area (TPSA) is 12.9 Å². The summed E-state index contributed by atoms with van der Waals surface area (Å²) in [4.78, 5) is 4.33. The van der Waals surface area contributed by atoms with E-state index in [4.69, 9.17) is 11.6 Å². The molecule has 24 heavy (non-hydrogen) atoms. The molecule has 1 nitrogen and oxygen atoms in total. The van der Waals surface area contributed by atoms with E-state index >= 15 is 0 Å². The van der Waals surface area contributed by atoms with E-state index in [-0.39, 0.29) is 0 Å². The zero-order valence-electron chi connectivity index (χ0n) is 12.7. The quantitative estimate of drug-likeness (QED) is 0.357. The third-order valence-corrected chi connectivity index (χ3v) is 5.36. The van der Waals surface area contributed by atoms with E-state index in [2.05, 4.69) is 81.6 Å². The van der Waals surface area contributed by atoms with E-state index in [9.17, 15) is 0 Å². The number of hydrogen-bond acceptors (Lipinski definition) is 1. The number of rotatable bonds is 2. The molecule has 0 N–H and O–H groups in total. The molecule has 4 rings (SSSR count). The van der Waals surface area contributed by atoms with Crippen LogP contribution in [0.4, 0.5) is 0 Å². The van der Waals surface area contributed by atoms with Crippen LogP contribution in [0.1, 0.15) is 0 Å². The van der Waals surface area contributed by atoms with E-state index in [1.54, 1.807) is 6.20 Å². The summed E-state index contributed by atoms with van der Waals surface area (Å²) >= 11 is 10.1. The molecule has 0 spiro atoms. The molecule has 3 heteroatoms. The second-order valence-corrected chi connectivity index (χ2v) is 6.79. The monoisotopic (exact) mass is 393 g/mol. The van der Waals surface area contributed by atoms with Crippen LogP contribution < -0.4 is 0 Å². The van der Waals surface area contributed by atoms with Crippen molar-refractivity contribution in [2.75, 3.05) is 0 Å². The van der Waals surface area contributed by atoms with Gasteiger partial charge in [-0.2, -0.15) is 0 Å². The van der Waals surface area contributed by atoms with Crippen LogP contribution in [0, 0.1) is 0 Å². The van der Waals surface area contributed by atoms with Gasteiger partial charge >= 0.3 is 0 Å². The van der Waals surface area contributed by atoms with Gasteiger partial charge in [0.05, 0.1) is 9.50 Å². The molecule has 0 amide bonds. The van der Waals surface area contributed by atoms with Crippen LogP contribution in [0.15, 0.2) is 83.6 Å². The number of hydrogen-bond donors (Lipinski definition) is 0. The lowest BCUT2D eigenvalue weighted by atomic mass is 9.90. The molecule has 0 aliphatic carbocycles. The van der Waals surface area contributed by atoms with Gasteiger partial charge < -0.3 is 0 Å². The summed E-state index contributed by atoms with van der Waals surface area (Å²) < 4.78 is 0.800. The Morgan fingerprint density at radius 2 is 1.50 bits per heavy atom. The van der Waals surface area contributed by atoms with Crippen molar-refractivity contribution in [2.24, 2.45) is 0 Å². The van der Waals surface area contributed by atoms with E-state index < -0.39 is 0 Å². The summed E-state index contributed by atoms with van der Waals surface area (Å²) in [6, 6.07) is 23.0. The van der Waals surface area contributed by atoms with Crippen molar-refractivity contribution in [1.82, 2.24) is 4.98 Å². The van der Waals surface area contributed by atoms with Crippen molar-refractivity contribution in [3.63, 3.8) is 0 Å². The molecule has 1 aromatic heterocycles. The maximum absolute atomic E-state index is 6.60. The van der Waals surface area contributed by atoms with Crippen molar-refractivity contribution in [3.05, 3.63) is 88.6 Å². The Morgan fingerprint density at radius 3 is 2.33 bits per heavy atom. The zero-order valence-corrected chi connectivity index (χ0v) is 15.1. The lowest BCUT2D eigenvalue weighted by Crippen LogP contribution is -1.90. The Balaban J connectivity index is 2.13. The Hall–Kier alpha value is -2.16. The summed E-state index contributed by atoms with van der Waals surface area (Å²) in [6.07, 6.45) is 3.56. The molecule has 0 aliphatic rings. The lowest BCUT2D eigenvalue weighted by molar-refractivity contribution is 1.31. The van der Waals surface area contributed by atoms with Crippen LogP contribution in [-0.4, -0.2) is 4.98 Å². The first-order valence-electron chi connectivity index (χ1n) is 7.62. The Labute approximate surface area is 154 Å². The maximum Gasteiger partial charge on any atom is 0.0657 e. The van der Waals surface area contributed by atoms with Gasteiger partial charge in [0, 0.05) is 23.5 Å². The van der Waals surface area contributed by atoms with Crippen molar-refractivity contribution in [2.45, 2.75) is 0 Å². The molecular formula is C21H13BrClN. The Kier molecular flexibility index (Phi) is 4.09. The third kappa shape index (κ3) is 2.62. The van der Waals surface area contributed by atoms with Crippen molar-refractivity contribution < 1.29 is 0 Å². The summed E-state index contributed by atoms with van der Waals surface area (Å²) in [5, 5.41) is 3.03. The number of fused-ring (bicyclic) bond motifs is 1. The second kappa shape index (κ2) is 6.39. The standard InChI is InChI=1S/C21H13BrClN/c22-19-13-24-12-18(21(19)23)20-16-9-5-4-8-15(16)10-11-17(20)14-6-2-1-3-7-14/h1-13H. The predicted molar refractivity (Wildman–Crippen MR) is 105 cm³/mol. The highest BCUT2D eigenvalue weighted by atomic mass is 79.9. The fourth-order valence-electron chi connectivity index (χ4n) is 3.01. The van der Waals surface area contributed by atoms with E-state index in [0.29, 0.717) is 5.02 Å². The number of pyridine rings is 1. The number of nitrogens with zero attached hydrogens (tertiary/aromatic N) is 1. The van der Waals surface area contributed by atoms with Gasteiger partial charge in [-0.05, 0) is 37.8 Å². The van der Waals surface area contributed by atoms with Crippen molar-refractivity contribution in [1.29, 1.82) is 0 Å². The van der Waals surface area contributed by atoms with Gasteiger partial charge in [-0.3, -0.25) is 4.98 Å². The van der Waals surface area contributed by atoms with Gasteiger partial charge in [-0.25, -0.2) is 0 Å². The average Bonchev–Trinajstić information content (AvgIpc) is 2.64. The molecule has 0 bridgehead atoms. The molecule has 0 radical (unpaired) electrons. The fraction of sp³-hybridized carbons (Fsp3) is 0. The first-order chi connectivity index (χ1) is 11.8. The minimum atomic E-state index is 0.679. The summed E-state index contributed by atoms with van der Waals surface area (Å²) in [5.41, 5.74) is 4.35. The second-order valence-electron chi connectivity index (χ2n) is 5.56. The SMILES string of the molecule is Clc1c(Br)cncc1-c1c(-c2ccccc2)ccc2ccccc12. The van der Waals surface area contributed by atoms with E-state index in [1.165, 1.54) is 10.8 Å². The molecule has 0 unspecified atom stereocenters. The first-order valence-corrected chi connectivity index (χ1v) is 8.79. The highest BCUT2D eigenvalue weighted by Gasteiger charge is 2.15. The van der Waals surface area contributed by atoms with E-state index in [0.717, 1.165) is 26.7 Å². The van der Waals surface area contributed by atoms with Crippen LogP contribution in [-0.2, 0) is 0 Å². The lowest BCUT2D eigenvalue weighted by Gasteiger charge is -2.15. The highest BCUT2D eigenvalue weighted by Crippen LogP contribution is 2.42. The van der Waals surface area contributed by atoms with Gasteiger partial charge in [0.2, 0.25) is 0 Å². The average molecular weight is 395 g/mol. The highest BCUT2D eigenvalue weighted by molar-refractivity contribution is 9.10. The number of aromatic nitrogens is 1. The van der Waals surface area contributed by atoms with Gasteiger partial charge in [-0.15, -0.1) is 0 Å². The molecule has 0 saturated carbocycles. The maximum atomic E-state index is 6.60. The molecule has 0 atom stereocenters. The van der Waals surface area contributed by atoms with Crippen LogP contribution >= 0.6 is 27.5 Å². The first kappa shape index (κ1) is 15.4. The predicted octanol–water partition coefficient (Wildman–Crippen LogP) is 6.98. The molecular weight excluding hydrogens is 382 g/mol. The largest absolute Gasteiger partial charge is 0.263 e. The normalized spacial score (nSPS) is 10.9. The van der Waals surface area contributed by atoms with Crippen LogP contribution in [0.5, 0.6) is 0 Å². The molecule has 0 aliphatic heterocycles.